The van der Waals surface area contributed by atoms with Crippen LogP contribution < -0.4 is 5.73 Å². The van der Waals surface area contributed by atoms with Crippen LogP contribution in [0.4, 0.5) is 18.9 Å². The summed E-state index contributed by atoms with van der Waals surface area (Å²) in [5.74, 6) is 0. The van der Waals surface area contributed by atoms with Gasteiger partial charge in [-0.1, -0.05) is 6.07 Å². The third-order valence-corrected chi connectivity index (χ3v) is 4.00. The van der Waals surface area contributed by atoms with Crippen LogP contribution in [0.1, 0.15) is 24.5 Å². The minimum atomic E-state index is -4.36. The molecule has 0 saturated carbocycles. The first-order valence-electron chi connectivity index (χ1n) is 7.15. The summed E-state index contributed by atoms with van der Waals surface area (Å²) in [6, 6.07) is 4.30. The summed E-state index contributed by atoms with van der Waals surface area (Å²) in [7, 11) is 2.05. The van der Waals surface area contributed by atoms with Gasteiger partial charge in [0.15, 0.2) is 0 Å². The minimum Gasteiger partial charge on any atom is -0.399 e. The zero-order chi connectivity index (χ0) is 15.6. The lowest BCUT2D eigenvalue weighted by atomic mass is 10.0. The normalized spacial score (nSPS) is 22.2. The molecule has 0 aliphatic carbocycles. The zero-order valence-corrected chi connectivity index (χ0v) is 12.5. The van der Waals surface area contributed by atoms with Gasteiger partial charge >= 0.3 is 6.18 Å². The number of nitrogens with zero attached hydrogens (tertiary/aromatic N) is 2. The molecule has 1 aromatic carbocycles. The van der Waals surface area contributed by atoms with E-state index in [1.807, 2.05) is 7.05 Å². The molecule has 0 bridgehead atoms. The molecule has 1 fully saturated rings. The largest absolute Gasteiger partial charge is 0.416 e. The fourth-order valence-electron chi connectivity index (χ4n) is 2.87. The van der Waals surface area contributed by atoms with Crippen LogP contribution in [0.15, 0.2) is 18.2 Å². The fraction of sp³-hybridized carbons (Fsp3) is 0.600. The number of halogens is 3. The molecule has 3 nitrogen and oxygen atoms in total. The van der Waals surface area contributed by atoms with Crippen LogP contribution in [0.3, 0.4) is 0 Å². The van der Waals surface area contributed by atoms with E-state index in [0.717, 1.165) is 32.1 Å². The molecular formula is C15H22F3N3. The zero-order valence-electron chi connectivity index (χ0n) is 12.5. The number of rotatable bonds is 2. The van der Waals surface area contributed by atoms with Crippen LogP contribution in [-0.4, -0.2) is 42.5 Å². The van der Waals surface area contributed by atoms with Gasteiger partial charge in [0.2, 0.25) is 0 Å². The summed E-state index contributed by atoms with van der Waals surface area (Å²) in [6.07, 6.45) is -3.40. The molecule has 6 heteroatoms. The van der Waals surface area contributed by atoms with Gasteiger partial charge in [0.25, 0.3) is 0 Å². The Balaban J connectivity index is 2.22. The molecule has 0 aromatic heterocycles. The minimum absolute atomic E-state index is 0.148. The molecule has 1 atom stereocenters. The van der Waals surface area contributed by atoms with Gasteiger partial charge in [0.05, 0.1) is 5.56 Å². The van der Waals surface area contributed by atoms with Crippen LogP contribution in [-0.2, 0) is 12.7 Å². The lowest BCUT2D eigenvalue weighted by molar-refractivity contribution is -0.138. The third kappa shape index (κ3) is 4.11. The Morgan fingerprint density at radius 3 is 2.67 bits per heavy atom. The standard InChI is InChI=1S/C15H22F3N3/c1-11-9-20(2)6-3-7-21(11)10-12-4-5-13(19)8-14(12)15(16,17)18/h4-5,8,11H,3,6-7,9-10,19H2,1-2H3. The highest BCUT2D eigenvalue weighted by molar-refractivity contribution is 5.46. The van der Waals surface area contributed by atoms with Gasteiger partial charge in [-0.15, -0.1) is 0 Å². The SMILES string of the molecule is CC1CN(C)CCCN1Cc1ccc(N)cc1C(F)(F)F. The highest BCUT2D eigenvalue weighted by atomic mass is 19.4. The number of likely N-dealkylation sites (N-methyl/N-ethyl adjacent to an activating group) is 1. The molecule has 2 rings (SSSR count). The number of hydrogen-bond donors (Lipinski definition) is 1. The first kappa shape index (κ1) is 16.1. The highest BCUT2D eigenvalue weighted by Gasteiger charge is 2.34. The molecule has 2 N–H and O–H groups in total. The van der Waals surface area contributed by atoms with E-state index in [1.165, 1.54) is 6.07 Å². The molecule has 118 valence electrons. The van der Waals surface area contributed by atoms with E-state index in [9.17, 15) is 13.2 Å². The summed E-state index contributed by atoms with van der Waals surface area (Å²) >= 11 is 0. The van der Waals surface area contributed by atoms with Crippen molar-refractivity contribution in [2.24, 2.45) is 0 Å². The first-order valence-corrected chi connectivity index (χ1v) is 7.15. The molecule has 0 spiro atoms. The molecule has 1 saturated heterocycles. The van der Waals surface area contributed by atoms with Crippen molar-refractivity contribution in [3.05, 3.63) is 29.3 Å². The molecule has 0 radical (unpaired) electrons. The van der Waals surface area contributed by atoms with Gasteiger partial charge in [-0.3, -0.25) is 4.90 Å². The van der Waals surface area contributed by atoms with Gasteiger partial charge < -0.3 is 10.6 Å². The summed E-state index contributed by atoms with van der Waals surface area (Å²) in [5, 5.41) is 0. The predicted octanol–water partition coefficient (Wildman–Crippen LogP) is 2.81. The van der Waals surface area contributed by atoms with E-state index >= 15 is 0 Å². The van der Waals surface area contributed by atoms with Crippen LogP contribution in [0, 0.1) is 0 Å². The van der Waals surface area contributed by atoms with Crippen molar-refractivity contribution in [1.82, 2.24) is 9.80 Å². The maximum Gasteiger partial charge on any atom is 0.416 e. The number of hydrogen-bond acceptors (Lipinski definition) is 3. The Bertz CT molecular complexity index is 488. The quantitative estimate of drug-likeness (QED) is 0.853. The van der Waals surface area contributed by atoms with Gasteiger partial charge in [0.1, 0.15) is 0 Å². The number of alkyl halides is 3. The molecule has 1 aromatic rings. The number of benzene rings is 1. The van der Waals surface area contributed by atoms with Gasteiger partial charge in [-0.05, 0) is 44.6 Å². The fourth-order valence-corrected chi connectivity index (χ4v) is 2.87. The van der Waals surface area contributed by atoms with Crippen molar-refractivity contribution in [3.8, 4) is 0 Å². The number of anilines is 1. The van der Waals surface area contributed by atoms with Crippen molar-refractivity contribution in [3.63, 3.8) is 0 Å². The van der Waals surface area contributed by atoms with E-state index in [2.05, 4.69) is 16.7 Å². The lowest BCUT2D eigenvalue weighted by Crippen LogP contribution is -2.37. The topological polar surface area (TPSA) is 32.5 Å². The first-order chi connectivity index (χ1) is 9.77. The molecule has 1 aliphatic heterocycles. The average Bonchev–Trinajstić information content (AvgIpc) is 2.52. The van der Waals surface area contributed by atoms with Gasteiger partial charge in [-0.2, -0.15) is 13.2 Å². The Labute approximate surface area is 123 Å². The molecule has 1 aliphatic rings. The lowest BCUT2D eigenvalue weighted by Gasteiger charge is -2.29. The van der Waals surface area contributed by atoms with E-state index < -0.39 is 11.7 Å². The van der Waals surface area contributed by atoms with E-state index in [0.29, 0.717) is 12.1 Å². The van der Waals surface area contributed by atoms with E-state index in [1.54, 1.807) is 6.07 Å². The predicted molar refractivity (Wildman–Crippen MR) is 77.8 cm³/mol. The second-order valence-corrected chi connectivity index (χ2v) is 5.85. The molecular weight excluding hydrogens is 279 g/mol. The Morgan fingerprint density at radius 2 is 2.00 bits per heavy atom. The highest BCUT2D eigenvalue weighted by Crippen LogP contribution is 2.34. The summed E-state index contributed by atoms with van der Waals surface area (Å²) in [5.41, 5.74) is 5.34. The monoisotopic (exact) mass is 301 g/mol. The maximum absolute atomic E-state index is 13.1. The summed E-state index contributed by atoms with van der Waals surface area (Å²) < 4.78 is 39.4. The van der Waals surface area contributed by atoms with Crippen LogP contribution >= 0.6 is 0 Å². The Hall–Kier alpha value is -1.27. The van der Waals surface area contributed by atoms with E-state index in [4.69, 9.17) is 5.73 Å². The maximum atomic E-state index is 13.1. The van der Waals surface area contributed by atoms with Crippen molar-refractivity contribution < 1.29 is 13.2 Å². The number of nitrogen functional groups attached to an aromatic ring is 1. The van der Waals surface area contributed by atoms with Gasteiger partial charge in [0, 0.05) is 31.4 Å². The van der Waals surface area contributed by atoms with Crippen LogP contribution in [0.25, 0.3) is 0 Å². The smallest absolute Gasteiger partial charge is 0.399 e. The van der Waals surface area contributed by atoms with Gasteiger partial charge in [-0.25, -0.2) is 0 Å². The van der Waals surface area contributed by atoms with Crippen molar-refractivity contribution in [2.75, 3.05) is 32.4 Å². The van der Waals surface area contributed by atoms with Crippen LogP contribution in [0.5, 0.6) is 0 Å². The molecule has 21 heavy (non-hydrogen) atoms. The summed E-state index contributed by atoms with van der Waals surface area (Å²) in [4.78, 5) is 4.34. The van der Waals surface area contributed by atoms with Crippen LogP contribution in [0.2, 0.25) is 0 Å². The molecule has 0 amide bonds. The summed E-state index contributed by atoms with van der Waals surface area (Å²) in [6.45, 7) is 5.04. The molecule has 1 heterocycles. The number of nitrogens with two attached hydrogens (primary N) is 1. The molecule has 1 unspecified atom stereocenters. The second kappa shape index (κ2) is 6.23. The van der Waals surface area contributed by atoms with E-state index in [-0.39, 0.29) is 11.7 Å². The van der Waals surface area contributed by atoms with Crippen molar-refractivity contribution in [2.45, 2.75) is 32.1 Å². The second-order valence-electron chi connectivity index (χ2n) is 5.85. The third-order valence-electron chi connectivity index (χ3n) is 4.00. The Kier molecular flexibility index (Phi) is 4.78. The van der Waals surface area contributed by atoms with Crippen molar-refractivity contribution in [1.29, 1.82) is 0 Å². The van der Waals surface area contributed by atoms with Crippen molar-refractivity contribution >= 4 is 5.69 Å². The average molecular weight is 301 g/mol. The Morgan fingerprint density at radius 1 is 1.29 bits per heavy atom.